The van der Waals surface area contributed by atoms with Crippen LogP contribution in [-0.4, -0.2) is 55.1 Å². The summed E-state index contributed by atoms with van der Waals surface area (Å²) in [5, 5.41) is 4.85. The Bertz CT molecular complexity index is 1150. The normalized spacial score (nSPS) is 22.2. The van der Waals surface area contributed by atoms with Gasteiger partial charge in [-0.15, -0.1) is 11.8 Å². The minimum Gasteiger partial charge on any atom is -0.339 e. The van der Waals surface area contributed by atoms with Gasteiger partial charge in [-0.3, -0.25) is 9.59 Å². The maximum absolute atomic E-state index is 13.4. The van der Waals surface area contributed by atoms with E-state index in [9.17, 15) is 9.59 Å². The van der Waals surface area contributed by atoms with Crippen LogP contribution in [0.15, 0.2) is 66.9 Å². The third-order valence-corrected chi connectivity index (χ3v) is 7.88. The quantitative estimate of drug-likeness (QED) is 0.596. The summed E-state index contributed by atoms with van der Waals surface area (Å²) in [5.74, 6) is 0.731. The molecule has 2 saturated heterocycles. The molecule has 2 aliphatic rings. The number of aromatic nitrogens is 2. The Labute approximate surface area is 192 Å². The van der Waals surface area contributed by atoms with Gasteiger partial charge >= 0.3 is 0 Å². The summed E-state index contributed by atoms with van der Waals surface area (Å²) < 4.78 is 1.86. The van der Waals surface area contributed by atoms with Crippen LogP contribution in [0.2, 0.25) is 0 Å². The molecule has 0 saturated carbocycles. The first-order chi connectivity index (χ1) is 15.5. The SMILES string of the molecule is CN(Cc1cn(-c2ccccc2)nc1-c1ccccc1)C(=O)[C@@H]1CS[C@]2(C)CCC(=O)N12. The molecule has 0 bridgehead atoms. The van der Waals surface area contributed by atoms with Gasteiger partial charge in [0.15, 0.2) is 0 Å². The van der Waals surface area contributed by atoms with E-state index in [4.69, 9.17) is 5.10 Å². The van der Waals surface area contributed by atoms with Crippen molar-refractivity contribution in [2.24, 2.45) is 0 Å². The van der Waals surface area contributed by atoms with E-state index in [2.05, 4.69) is 6.92 Å². The molecule has 3 heterocycles. The molecule has 2 aliphatic heterocycles. The second-order valence-corrected chi connectivity index (χ2v) is 10.1. The van der Waals surface area contributed by atoms with Crippen LogP contribution in [0.4, 0.5) is 0 Å². The van der Waals surface area contributed by atoms with Crippen LogP contribution in [0, 0.1) is 0 Å². The van der Waals surface area contributed by atoms with Crippen LogP contribution in [-0.2, 0) is 16.1 Å². The molecule has 32 heavy (non-hydrogen) atoms. The molecule has 0 aliphatic carbocycles. The lowest BCUT2D eigenvalue weighted by molar-refractivity contribution is -0.143. The van der Waals surface area contributed by atoms with Crippen LogP contribution in [0.1, 0.15) is 25.3 Å². The fourth-order valence-corrected chi connectivity index (χ4v) is 6.09. The molecule has 7 heteroatoms. The van der Waals surface area contributed by atoms with E-state index < -0.39 is 6.04 Å². The summed E-state index contributed by atoms with van der Waals surface area (Å²) in [4.78, 5) is 29.2. The molecular formula is C25H26N4O2S. The predicted molar refractivity (Wildman–Crippen MR) is 126 cm³/mol. The van der Waals surface area contributed by atoms with Gasteiger partial charge in [0.2, 0.25) is 11.8 Å². The standard InChI is InChI=1S/C25H26N4O2S/c1-25-14-13-22(30)29(25)21(17-32-25)24(31)27(2)15-19-16-28(20-11-7-4-8-12-20)26-23(19)18-9-5-3-6-10-18/h3-12,16,21H,13-15,17H2,1-2H3/t21-,25+/m0/s1. The number of thioether (sulfide) groups is 1. The molecule has 6 nitrogen and oxygen atoms in total. The lowest BCUT2D eigenvalue weighted by Gasteiger charge is -2.31. The van der Waals surface area contributed by atoms with Crippen molar-refractivity contribution in [1.29, 1.82) is 0 Å². The Morgan fingerprint density at radius 2 is 1.84 bits per heavy atom. The zero-order valence-electron chi connectivity index (χ0n) is 18.3. The lowest BCUT2D eigenvalue weighted by Crippen LogP contribution is -2.50. The predicted octanol–water partition coefficient (Wildman–Crippen LogP) is 3.95. The minimum absolute atomic E-state index is 0.0112. The summed E-state index contributed by atoms with van der Waals surface area (Å²) in [6.45, 7) is 2.50. The molecule has 3 aromatic rings. The second-order valence-electron chi connectivity index (χ2n) is 8.61. The zero-order chi connectivity index (χ0) is 22.3. The number of amides is 2. The molecule has 1 aromatic heterocycles. The number of nitrogens with zero attached hydrogens (tertiary/aromatic N) is 4. The number of benzene rings is 2. The van der Waals surface area contributed by atoms with E-state index in [0.29, 0.717) is 18.7 Å². The van der Waals surface area contributed by atoms with Gasteiger partial charge in [0, 0.05) is 43.1 Å². The molecule has 0 unspecified atom stereocenters. The number of carbonyl (C=O) groups is 2. The fourth-order valence-electron chi connectivity index (χ4n) is 4.67. The first kappa shape index (κ1) is 20.8. The highest BCUT2D eigenvalue weighted by Gasteiger charge is 2.53. The Morgan fingerprint density at radius 3 is 2.56 bits per heavy atom. The molecule has 2 fully saturated rings. The van der Waals surface area contributed by atoms with Gasteiger partial charge in [-0.05, 0) is 25.5 Å². The number of rotatable bonds is 5. The Balaban J connectivity index is 1.43. The number of carbonyl (C=O) groups excluding carboxylic acids is 2. The smallest absolute Gasteiger partial charge is 0.246 e. The summed E-state index contributed by atoms with van der Waals surface area (Å²) in [6.07, 6.45) is 3.33. The third-order valence-electron chi connectivity index (χ3n) is 6.37. The number of fused-ring (bicyclic) bond motifs is 1. The van der Waals surface area contributed by atoms with Crippen LogP contribution >= 0.6 is 11.8 Å². The second kappa shape index (κ2) is 8.13. The van der Waals surface area contributed by atoms with Gasteiger partial charge in [0.25, 0.3) is 0 Å². The van der Waals surface area contributed by atoms with E-state index in [-0.39, 0.29) is 16.7 Å². The summed E-state index contributed by atoms with van der Waals surface area (Å²) in [5.41, 5.74) is 3.81. The zero-order valence-corrected chi connectivity index (χ0v) is 19.1. The Hall–Kier alpha value is -3.06. The van der Waals surface area contributed by atoms with Crippen LogP contribution in [0.3, 0.4) is 0 Å². The maximum Gasteiger partial charge on any atom is 0.246 e. The summed E-state index contributed by atoms with van der Waals surface area (Å²) >= 11 is 1.72. The molecule has 0 N–H and O–H groups in total. The monoisotopic (exact) mass is 446 g/mol. The number of para-hydroxylation sites is 1. The number of hydrogen-bond acceptors (Lipinski definition) is 4. The summed E-state index contributed by atoms with van der Waals surface area (Å²) in [6, 6.07) is 19.6. The highest BCUT2D eigenvalue weighted by molar-refractivity contribution is 8.01. The fraction of sp³-hybridized carbons (Fsp3) is 0.320. The first-order valence-electron chi connectivity index (χ1n) is 10.9. The van der Waals surface area contributed by atoms with E-state index >= 15 is 0 Å². The van der Waals surface area contributed by atoms with Crippen molar-refractivity contribution >= 4 is 23.6 Å². The van der Waals surface area contributed by atoms with Crippen molar-refractivity contribution in [2.75, 3.05) is 12.8 Å². The van der Waals surface area contributed by atoms with E-state index in [1.807, 2.05) is 83.5 Å². The van der Waals surface area contributed by atoms with Gasteiger partial charge in [0.05, 0.1) is 16.3 Å². The van der Waals surface area contributed by atoms with E-state index in [1.54, 1.807) is 16.7 Å². The van der Waals surface area contributed by atoms with Crippen LogP contribution in [0.25, 0.3) is 16.9 Å². The maximum atomic E-state index is 13.4. The average Bonchev–Trinajstić information content (AvgIpc) is 3.48. The number of hydrogen-bond donors (Lipinski definition) is 0. The molecule has 5 rings (SSSR count). The van der Waals surface area contributed by atoms with Crippen LogP contribution < -0.4 is 0 Å². The van der Waals surface area contributed by atoms with Crippen molar-refractivity contribution in [3.05, 3.63) is 72.4 Å². The molecule has 2 amide bonds. The van der Waals surface area contributed by atoms with Gasteiger partial charge in [-0.25, -0.2) is 4.68 Å². The minimum atomic E-state index is -0.394. The van der Waals surface area contributed by atoms with Gasteiger partial charge in [-0.1, -0.05) is 48.5 Å². The molecule has 0 spiro atoms. The number of likely N-dealkylation sites (N-methyl/N-ethyl adjacent to an activating group) is 1. The molecule has 164 valence electrons. The van der Waals surface area contributed by atoms with Gasteiger partial charge in [0.1, 0.15) is 6.04 Å². The van der Waals surface area contributed by atoms with E-state index in [1.165, 1.54) is 0 Å². The van der Waals surface area contributed by atoms with Crippen molar-refractivity contribution in [3.63, 3.8) is 0 Å². The average molecular weight is 447 g/mol. The molecule has 0 radical (unpaired) electrons. The largest absolute Gasteiger partial charge is 0.339 e. The highest BCUT2D eigenvalue weighted by Crippen LogP contribution is 2.47. The Kier molecular flexibility index (Phi) is 5.29. The van der Waals surface area contributed by atoms with Crippen molar-refractivity contribution in [2.45, 2.75) is 37.2 Å². The third kappa shape index (κ3) is 3.60. The van der Waals surface area contributed by atoms with Gasteiger partial charge < -0.3 is 9.80 Å². The van der Waals surface area contributed by atoms with Crippen molar-refractivity contribution in [3.8, 4) is 16.9 Å². The molecule has 2 atom stereocenters. The van der Waals surface area contributed by atoms with Crippen LogP contribution in [0.5, 0.6) is 0 Å². The lowest BCUT2D eigenvalue weighted by atomic mass is 10.1. The van der Waals surface area contributed by atoms with Gasteiger partial charge in [-0.2, -0.15) is 5.10 Å². The van der Waals surface area contributed by atoms with Crippen molar-refractivity contribution in [1.82, 2.24) is 19.6 Å². The molecule has 2 aromatic carbocycles. The molecular weight excluding hydrogens is 420 g/mol. The Morgan fingerprint density at radius 1 is 1.16 bits per heavy atom. The van der Waals surface area contributed by atoms with E-state index in [0.717, 1.165) is 28.9 Å². The summed E-state index contributed by atoms with van der Waals surface area (Å²) in [7, 11) is 1.82. The van der Waals surface area contributed by atoms with Crippen molar-refractivity contribution < 1.29 is 9.59 Å². The topological polar surface area (TPSA) is 58.4 Å². The first-order valence-corrected chi connectivity index (χ1v) is 11.9. The highest BCUT2D eigenvalue weighted by atomic mass is 32.2.